The number of nitrogens with one attached hydrogen (secondary N) is 1. The van der Waals surface area contributed by atoms with Crippen LogP contribution in [0.1, 0.15) is 10.8 Å². The van der Waals surface area contributed by atoms with Crippen molar-refractivity contribution in [1.29, 1.82) is 0 Å². The van der Waals surface area contributed by atoms with Crippen LogP contribution in [0.5, 0.6) is 17.2 Å². The predicted octanol–water partition coefficient (Wildman–Crippen LogP) is 0.689. The predicted molar refractivity (Wildman–Crippen MR) is 73.3 cm³/mol. The molecule has 2 aliphatic heterocycles. The lowest BCUT2D eigenvalue weighted by atomic mass is 10.0. The number of rotatable bonds is 3. The SMILES string of the molecule is COc1cc2c(cc1[C@H]1SCC(=O)N[C@@H]1CO)OCO2. The molecule has 1 aromatic carbocycles. The summed E-state index contributed by atoms with van der Waals surface area (Å²) in [6, 6.07) is 3.30. The Kier molecular flexibility index (Phi) is 3.62. The minimum Gasteiger partial charge on any atom is -0.496 e. The molecule has 1 saturated heterocycles. The summed E-state index contributed by atoms with van der Waals surface area (Å²) in [6.07, 6.45) is 0. The van der Waals surface area contributed by atoms with Crippen molar-refractivity contribution < 1.29 is 24.1 Å². The number of thioether (sulfide) groups is 1. The molecule has 7 heteroatoms. The number of methoxy groups -OCH3 is 1. The first kappa shape index (κ1) is 13.4. The zero-order valence-electron chi connectivity index (χ0n) is 10.9. The molecule has 0 spiro atoms. The van der Waals surface area contributed by atoms with Gasteiger partial charge in [0.25, 0.3) is 0 Å². The molecule has 0 aromatic heterocycles. The van der Waals surface area contributed by atoms with Crippen LogP contribution in [0.2, 0.25) is 0 Å². The molecule has 0 radical (unpaired) electrons. The van der Waals surface area contributed by atoms with Gasteiger partial charge in [0.05, 0.1) is 30.8 Å². The molecular weight excluding hydrogens is 282 g/mol. The molecule has 1 fully saturated rings. The topological polar surface area (TPSA) is 77.0 Å². The van der Waals surface area contributed by atoms with Crippen molar-refractivity contribution in [1.82, 2.24) is 5.32 Å². The fourth-order valence-corrected chi connectivity index (χ4v) is 3.56. The summed E-state index contributed by atoms with van der Waals surface area (Å²) in [5.41, 5.74) is 0.890. The third kappa shape index (κ3) is 2.27. The quantitative estimate of drug-likeness (QED) is 0.855. The van der Waals surface area contributed by atoms with Crippen LogP contribution in [0, 0.1) is 0 Å². The van der Waals surface area contributed by atoms with Gasteiger partial charge in [-0.05, 0) is 6.07 Å². The number of hydrogen-bond donors (Lipinski definition) is 2. The lowest BCUT2D eigenvalue weighted by molar-refractivity contribution is -0.119. The van der Waals surface area contributed by atoms with Gasteiger partial charge in [-0.25, -0.2) is 0 Å². The molecule has 2 N–H and O–H groups in total. The first-order valence-electron chi connectivity index (χ1n) is 6.22. The summed E-state index contributed by atoms with van der Waals surface area (Å²) in [6.45, 7) is 0.0704. The largest absolute Gasteiger partial charge is 0.496 e. The van der Waals surface area contributed by atoms with Gasteiger partial charge >= 0.3 is 0 Å². The summed E-state index contributed by atoms with van der Waals surface area (Å²) in [5.74, 6) is 2.27. The number of ether oxygens (including phenoxy) is 3. The second-order valence-corrected chi connectivity index (χ2v) is 5.67. The maximum Gasteiger partial charge on any atom is 0.231 e. The first-order valence-corrected chi connectivity index (χ1v) is 7.27. The Hall–Kier alpha value is -1.60. The van der Waals surface area contributed by atoms with Gasteiger partial charge in [-0.1, -0.05) is 0 Å². The van der Waals surface area contributed by atoms with Crippen molar-refractivity contribution in [3.8, 4) is 17.2 Å². The molecule has 2 atom stereocenters. The second kappa shape index (κ2) is 5.41. The van der Waals surface area contributed by atoms with E-state index in [1.165, 1.54) is 11.8 Å². The molecular formula is C13H15NO5S. The minimum atomic E-state index is -0.337. The van der Waals surface area contributed by atoms with Crippen LogP contribution in [0.3, 0.4) is 0 Å². The van der Waals surface area contributed by atoms with Gasteiger partial charge in [-0.15, -0.1) is 11.8 Å². The molecule has 3 rings (SSSR count). The lowest BCUT2D eigenvalue weighted by Gasteiger charge is -2.31. The third-order valence-corrected chi connectivity index (χ3v) is 4.70. The van der Waals surface area contributed by atoms with E-state index in [4.69, 9.17) is 14.2 Å². The Morgan fingerprint density at radius 1 is 1.45 bits per heavy atom. The molecule has 2 aliphatic rings. The summed E-state index contributed by atoms with van der Waals surface area (Å²) in [4.78, 5) is 11.4. The Morgan fingerprint density at radius 2 is 2.20 bits per heavy atom. The summed E-state index contributed by atoms with van der Waals surface area (Å²) < 4.78 is 16.1. The van der Waals surface area contributed by atoms with Crippen molar-refractivity contribution >= 4 is 17.7 Å². The van der Waals surface area contributed by atoms with Gasteiger partial charge in [-0.2, -0.15) is 0 Å². The highest BCUT2D eigenvalue weighted by molar-refractivity contribution is 8.00. The summed E-state index contributed by atoms with van der Waals surface area (Å²) in [7, 11) is 1.58. The molecule has 108 valence electrons. The summed E-state index contributed by atoms with van der Waals surface area (Å²) >= 11 is 1.48. The van der Waals surface area contributed by atoms with Crippen LogP contribution in [0.4, 0.5) is 0 Å². The number of benzene rings is 1. The number of aliphatic hydroxyl groups is 1. The molecule has 0 bridgehead atoms. The fraction of sp³-hybridized carbons (Fsp3) is 0.462. The minimum absolute atomic E-state index is 0.0648. The Labute approximate surface area is 120 Å². The molecule has 0 saturated carbocycles. The molecule has 20 heavy (non-hydrogen) atoms. The van der Waals surface area contributed by atoms with Gasteiger partial charge in [0.1, 0.15) is 5.75 Å². The highest BCUT2D eigenvalue weighted by Crippen LogP contribution is 2.45. The first-order chi connectivity index (χ1) is 9.72. The van der Waals surface area contributed by atoms with Gasteiger partial charge < -0.3 is 24.6 Å². The second-order valence-electron chi connectivity index (χ2n) is 4.54. The van der Waals surface area contributed by atoms with Crippen molar-refractivity contribution in [2.75, 3.05) is 26.3 Å². The molecule has 1 amide bonds. The van der Waals surface area contributed by atoms with Crippen LogP contribution >= 0.6 is 11.8 Å². The van der Waals surface area contributed by atoms with Crippen molar-refractivity contribution in [3.05, 3.63) is 17.7 Å². The van der Waals surface area contributed by atoms with E-state index in [-0.39, 0.29) is 30.6 Å². The van der Waals surface area contributed by atoms with E-state index < -0.39 is 0 Å². The standard InChI is InChI=1S/C13H15NO5S/c1-17-9-3-11-10(18-6-19-11)2-7(9)13-8(4-15)14-12(16)5-20-13/h2-3,8,13,15H,4-6H2,1H3,(H,14,16)/t8-,13-/m1/s1. The van der Waals surface area contributed by atoms with E-state index in [0.29, 0.717) is 23.0 Å². The average Bonchev–Trinajstić information content (AvgIpc) is 2.92. The zero-order chi connectivity index (χ0) is 14.1. The smallest absolute Gasteiger partial charge is 0.231 e. The van der Waals surface area contributed by atoms with E-state index in [1.807, 2.05) is 6.07 Å². The molecule has 2 heterocycles. The Balaban J connectivity index is 1.97. The number of carbonyl (C=O) groups excluding carboxylic acids is 1. The highest BCUT2D eigenvalue weighted by atomic mass is 32.2. The number of fused-ring (bicyclic) bond motifs is 1. The van der Waals surface area contributed by atoms with E-state index in [1.54, 1.807) is 13.2 Å². The van der Waals surface area contributed by atoms with E-state index in [0.717, 1.165) is 5.56 Å². The number of aliphatic hydroxyl groups excluding tert-OH is 1. The maximum absolute atomic E-state index is 11.4. The zero-order valence-corrected chi connectivity index (χ0v) is 11.7. The molecule has 0 aliphatic carbocycles. The van der Waals surface area contributed by atoms with Gasteiger partial charge in [-0.3, -0.25) is 4.79 Å². The van der Waals surface area contributed by atoms with Crippen LogP contribution in [-0.4, -0.2) is 43.3 Å². The van der Waals surface area contributed by atoms with Crippen LogP contribution in [0.15, 0.2) is 12.1 Å². The molecule has 6 nitrogen and oxygen atoms in total. The monoisotopic (exact) mass is 297 g/mol. The lowest BCUT2D eigenvalue weighted by Crippen LogP contribution is -2.45. The average molecular weight is 297 g/mol. The number of amides is 1. The maximum atomic E-state index is 11.4. The van der Waals surface area contributed by atoms with Gasteiger partial charge in [0, 0.05) is 11.6 Å². The van der Waals surface area contributed by atoms with Gasteiger partial charge in [0.2, 0.25) is 12.7 Å². The normalized spacial score (nSPS) is 24.4. The molecule has 1 aromatic rings. The van der Waals surface area contributed by atoms with E-state index >= 15 is 0 Å². The van der Waals surface area contributed by atoms with Crippen LogP contribution in [-0.2, 0) is 4.79 Å². The van der Waals surface area contributed by atoms with E-state index in [9.17, 15) is 9.90 Å². The fourth-order valence-electron chi connectivity index (χ4n) is 2.39. The number of hydrogen-bond acceptors (Lipinski definition) is 6. The number of carbonyl (C=O) groups is 1. The third-order valence-electron chi connectivity index (χ3n) is 3.33. The van der Waals surface area contributed by atoms with Crippen LogP contribution < -0.4 is 19.5 Å². The van der Waals surface area contributed by atoms with Crippen molar-refractivity contribution in [2.24, 2.45) is 0 Å². The highest BCUT2D eigenvalue weighted by Gasteiger charge is 2.33. The van der Waals surface area contributed by atoms with Crippen molar-refractivity contribution in [2.45, 2.75) is 11.3 Å². The summed E-state index contributed by atoms with van der Waals surface area (Å²) in [5, 5.41) is 12.2. The Morgan fingerprint density at radius 3 is 2.90 bits per heavy atom. The van der Waals surface area contributed by atoms with Crippen LogP contribution in [0.25, 0.3) is 0 Å². The van der Waals surface area contributed by atoms with Crippen molar-refractivity contribution in [3.63, 3.8) is 0 Å². The van der Waals surface area contributed by atoms with E-state index in [2.05, 4.69) is 5.32 Å². The Bertz CT molecular complexity index is 536. The molecule has 0 unspecified atom stereocenters. The van der Waals surface area contributed by atoms with Gasteiger partial charge in [0.15, 0.2) is 11.5 Å².